The number of fused-ring (bicyclic) bond motifs is 1. The van der Waals surface area contributed by atoms with Crippen LogP contribution in [0.2, 0.25) is 0 Å². The fourth-order valence-electron chi connectivity index (χ4n) is 3.78. The number of anilines is 1. The van der Waals surface area contributed by atoms with Crippen LogP contribution in [-0.2, 0) is 22.6 Å². The average Bonchev–Trinajstić information content (AvgIpc) is 3.37. The van der Waals surface area contributed by atoms with Gasteiger partial charge in [-0.05, 0) is 56.2 Å². The molecule has 30 heavy (non-hydrogen) atoms. The van der Waals surface area contributed by atoms with Gasteiger partial charge in [-0.1, -0.05) is 12.1 Å². The molecule has 0 saturated carbocycles. The van der Waals surface area contributed by atoms with Gasteiger partial charge in [0.2, 0.25) is 11.8 Å². The summed E-state index contributed by atoms with van der Waals surface area (Å²) < 4.78 is 1.81. The van der Waals surface area contributed by atoms with Crippen LogP contribution in [0.1, 0.15) is 35.9 Å². The lowest BCUT2D eigenvalue weighted by molar-refractivity contribution is -0.129. The molecule has 0 aliphatic carbocycles. The zero-order chi connectivity index (χ0) is 21.1. The Morgan fingerprint density at radius 1 is 1.00 bits per heavy atom. The molecule has 3 aromatic rings. The molecule has 0 spiro atoms. The van der Waals surface area contributed by atoms with E-state index in [0.29, 0.717) is 17.1 Å². The molecule has 4 rings (SSSR count). The molecule has 1 fully saturated rings. The number of benzene rings is 2. The number of likely N-dealkylation sites (tertiary alicyclic amines) is 1. The minimum absolute atomic E-state index is 0.0231. The number of carbonyl (C=O) groups is 3. The first-order chi connectivity index (χ1) is 14.5. The van der Waals surface area contributed by atoms with Gasteiger partial charge in [-0.25, -0.2) is 4.98 Å². The second-order valence-electron chi connectivity index (χ2n) is 7.55. The molecule has 2 amide bonds. The van der Waals surface area contributed by atoms with Gasteiger partial charge in [0, 0.05) is 24.3 Å². The van der Waals surface area contributed by atoms with Crippen LogP contribution in [0.4, 0.5) is 5.69 Å². The van der Waals surface area contributed by atoms with E-state index in [-0.39, 0.29) is 30.6 Å². The van der Waals surface area contributed by atoms with Gasteiger partial charge in [0.25, 0.3) is 0 Å². The summed E-state index contributed by atoms with van der Waals surface area (Å²) in [5, 5.41) is 2.85. The van der Waals surface area contributed by atoms with Crippen molar-refractivity contribution in [2.45, 2.75) is 32.7 Å². The number of rotatable bonds is 6. The monoisotopic (exact) mass is 404 g/mol. The molecular formula is C23H24N4O3. The Morgan fingerprint density at radius 3 is 2.40 bits per heavy atom. The molecule has 0 unspecified atom stereocenters. The number of ketones is 1. The van der Waals surface area contributed by atoms with Gasteiger partial charge in [0.05, 0.1) is 17.5 Å². The molecule has 7 heteroatoms. The van der Waals surface area contributed by atoms with Crippen LogP contribution in [-0.4, -0.2) is 45.1 Å². The summed E-state index contributed by atoms with van der Waals surface area (Å²) >= 11 is 0. The molecule has 154 valence electrons. The van der Waals surface area contributed by atoms with Crippen molar-refractivity contribution >= 4 is 34.3 Å². The van der Waals surface area contributed by atoms with Crippen LogP contribution in [0, 0.1) is 0 Å². The zero-order valence-electron chi connectivity index (χ0n) is 16.9. The smallest absolute Gasteiger partial charge is 0.244 e. The van der Waals surface area contributed by atoms with Gasteiger partial charge in [-0.15, -0.1) is 0 Å². The Kier molecular flexibility index (Phi) is 5.61. The van der Waals surface area contributed by atoms with E-state index in [1.165, 1.54) is 6.92 Å². The Hall–Kier alpha value is -3.48. The molecule has 2 heterocycles. The SMILES string of the molecule is CC(=O)c1ccc(NC(=O)Cn2c(CC(=O)N3CCCC3)nc3ccccc32)cc1. The Morgan fingerprint density at radius 2 is 1.70 bits per heavy atom. The first-order valence-electron chi connectivity index (χ1n) is 10.1. The third-order valence-electron chi connectivity index (χ3n) is 5.38. The predicted octanol–water partition coefficient (Wildman–Crippen LogP) is 3.04. The minimum atomic E-state index is -0.219. The van der Waals surface area contributed by atoms with E-state index in [2.05, 4.69) is 10.3 Å². The number of amides is 2. The lowest BCUT2D eigenvalue weighted by atomic mass is 10.1. The molecule has 1 aromatic heterocycles. The summed E-state index contributed by atoms with van der Waals surface area (Å²) in [6.45, 7) is 3.13. The van der Waals surface area contributed by atoms with Gasteiger partial charge < -0.3 is 14.8 Å². The third-order valence-corrected chi connectivity index (χ3v) is 5.38. The maximum Gasteiger partial charge on any atom is 0.244 e. The van der Waals surface area contributed by atoms with Crippen molar-refractivity contribution in [1.82, 2.24) is 14.5 Å². The summed E-state index contributed by atoms with van der Waals surface area (Å²) in [6.07, 6.45) is 2.25. The Balaban J connectivity index is 1.53. The molecule has 1 aliphatic rings. The minimum Gasteiger partial charge on any atom is -0.342 e. The van der Waals surface area contributed by atoms with Crippen molar-refractivity contribution in [3.05, 3.63) is 59.9 Å². The number of nitrogens with one attached hydrogen (secondary N) is 1. The van der Waals surface area contributed by atoms with Gasteiger partial charge in [-0.2, -0.15) is 0 Å². The van der Waals surface area contributed by atoms with E-state index in [1.54, 1.807) is 24.3 Å². The van der Waals surface area contributed by atoms with E-state index in [4.69, 9.17) is 0 Å². The molecule has 1 N–H and O–H groups in total. The first kappa shape index (κ1) is 19.8. The number of aromatic nitrogens is 2. The van der Waals surface area contributed by atoms with Crippen molar-refractivity contribution in [3.8, 4) is 0 Å². The third kappa shape index (κ3) is 4.25. The predicted molar refractivity (Wildman–Crippen MR) is 114 cm³/mol. The highest BCUT2D eigenvalue weighted by Gasteiger charge is 2.22. The number of hydrogen-bond donors (Lipinski definition) is 1. The van der Waals surface area contributed by atoms with Crippen molar-refractivity contribution in [2.75, 3.05) is 18.4 Å². The summed E-state index contributed by atoms with van der Waals surface area (Å²) in [7, 11) is 0. The molecular weight excluding hydrogens is 380 g/mol. The maximum atomic E-state index is 12.7. The highest BCUT2D eigenvalue weighted by molar-refractivity contribution is 5.96. The Bertz CT molecular complexity index is 1100. The summed E-state index contributed by atoms with van der Waals surface area (Å²) in [6, 6.07) is 14.4. The number of imidazole rings is 1. The largest absolute Gasteiger partial charge is 0.342 e. The van der Waals surface area contributed by atoms with Gasteiger partial charge in [-0.3, -0.25) is 14.4 Å². The number of carbonyl (C=O) groups excluding carboxylic acids is 3. The quantitative estimate of drug-likeness (QED) is 0.640. The van der Waals surface area contributed by atoms with Crippen molar-refractivity contribution in [1.29, 1.82) is 0 Å². The second-order valence-corrected chi connectivity index (χ2v) is 7.55. The summed E-state index contributed by atoms with van der Waals surface area (Å²) in [5.41, 5.74) is 2.80. The maximum absolute atomic E-state index is 12.7. The van der Waals surface area contributed by atoms with Crippen LogP contribution in [0.15, 0.2) is 48.5 Å². The van der Waals surface area contributed by atoms with E-state index >= 15 is 0 Å². The van der Waals surface area contributed by atoms with Gasteiger partial charge in [0.1, 0.15) is 12.4 Å². The molecule has 0 atom stereocenters. The van der Waals surface area contributed by atoms with Gasteiger partial charge in [0.15, 0.2) is 5.78 Å². The number of Topliss-reactive ketones (excluding diaryl/α,β-unsaturated/α-hetero) is 1. The van der Waals surface area contributed by atoms with Crippen molar-refractivity contribution in [2.24, 2.45) is 0 Å². The zero-order valence-corrected chi connectivity index (χ0v) is 16.9. The Labute approximate surface area is 174 Å². The van der Waals surface area contributed by atoms with Crippen LogP contribution < -0.4 is 5.32 Å². The lowest BCUT2D eigenvalue weighted by Gasteiger charge is -2.16. The number of nitrogens with zero attached hydrogens (tertiary/aromatic N) is 3. The van der Waals surface area contributed by atoms with Crippen LogP contribution in [0.3, 0.4) is 0 Å². The van der Waals surface area contributed by atoms with Crippen LogP contribution in [0.25, 0.3) is 11.0 Å². The first-order valence-corrected chi connectivity index (χ1v) is 10.1. The van der Waals surface area contributed by atoms with E-state index in [0.717, 1.165) is 37.0 Å². The van der Waals surface area contributed by atoms with E-state index in [1.807, 2.05) is 33.7 Å². The lowest BCUT2D eigenvalue weighted by Crippen LogP contribution is -2.30. The molecule has 0 bridgehead atoms. The summed E-state index contributed by atoms with van der Waals surface area (Å²) in [4.78, 5) is 43.2. The number of para-hydroxylation sites is 2. The van der Waals surface area contributed by atoms with Crippen LogP contribution in [0.5, 0.6) is 0 Å². The van der Waals surface area contributed by atoms with Gasteiger partial charge >= 0.3 is 0 Å². The number of hydrogen-bond acceptors (Lipinski definition) is 4. The van der Waals surface area contributed by atoms with Crippen molar-refractivity contribution in [3.63, 3.8) is 0 Å². The molecule has 0 radical (unpaired) electrons. The summed E-state index contributed by atoms with van der Waals surface area (Å²) in [5.74, 6) is 0.396. The normalized spacial score (nSPS) is 13.6. The van der Waals surface area contributed by atoms with E-state index < -0.39 is 0 Å². The van der Waals surface area contributed by atoms with E-state index in [9.17, 15) is 14.4 Å². The fraction of sp³-hybridized carbons (Fsp3) is 0.304. The van der Waals surface area contributed by atoms with Crippen LogP contribution >= 0.6 is 0 Å². The highest BCUT2D eigenvalue weighted by atomic mass is 16.2. The standard InChI is InChI=1S/C23H24N4O3/c1-16(28)17-8-10-18(11-9-17)24-22(29)15-27-20-7-3-2-6-19(20)25-21(27)14-23(30)26-12-4-5-13-26/h2-3,6-11H,4-5,12-15H2,1H3,(H,24,29). The molecule has 2 aromatic carbocycles. The molecule has 7 nitrogen and oxygen atoms in total. The average molecular weight is 404 g/mol. The molecule has 1 aliphatic heterocycles. The highest BCUT2D eigenvalue weighted by Crippen LogP contribution is 2.19. The molecule has 1 saturated heterocycles. The topological polar surface area (TPSA) is 84.3 Å². The van der Waals surface area contributed by atoms with Crippen molar-refractivity contribution < 1.29 is 14.4 Å². The fourth-order valence-corrected chi connectivity index (χ4v) is 3.78. The second kappa shape index (κ2) is 8.49.